The lowest BCUT2D eigenvalue weighted by Crippen LogP contribution is -2.41. The first-order valence-electron chi connectivity index (χ1n) is 10.5. The van der Waals surface area contributed by atoms with Gasteiger partial charge in [0.05, 0.1) is 12.2 Å². The summed E-state index contributed by atoms with van der Waals surface area (Å²) in [5.41, 5.74) is 1.95. The number of nitrogens with zero attached hydrogens (tertiary/aromatic N) is 3. The van der Waals surface area contributed by atoms with Crippen LogP contribution in [0.4, 0.5) is 0 Å². The predicted octanol–water partition coefficient (Wildman–Crippen LogP) is 3.43. The Kier molecular flexibility index (Phi) is 5.53. The van der Waals surface area contributed by atoms with Crippen LogP contribution in [0, 0.1) is 0 Å². The van der Waals surface area contributed by atoms with E-state index in [-0.39, 0.29) is 17.8 Å². The zero-order valence-corrected chi connectivity index (χ0v) is 17.3. The van der Waals surface area contributed by atoms with Crippen LogP contribution in [-0.2, 0) is 6.42 Å². The summed E-state index contributed by atoms with van der Waals surface area (Å²) < 4.78 is 13.3. The van der Waals surface area contributed by atoms with Crippen molar-refractivity contribution >= 4 is 5.91 Å². The highest BCUT2D eigenvalue weighted by atomic mass is 16.6. The lowest BCUT2D eigenvalue weighted by molar-refractivity contribution is 0.0783. The summed E-state index contributed by atoms with van der Waals surface area (Å²) in [6, 6.07) is 27.2. The molecular weight excluding hydrogens is 404 g/mol. The average molecular weight is 426 g/mol. The molecule has 1 aromatic heterocycles. The fourth-order valence-corrected chi connectivity index (χ4v) is 3.56. The number of nitrogens with one attached hydrogen (secondary N) is 1. The molecule has 0 saturated heterocycles. The van der Waals surface area contributed by atoms with E-state index in [4.69, 9.17) is 9.47 Å². The molecule has 0 radical (unpaired) electrons. The summed E-state index contributed by atoms with van der Waals surface area (Å²) in [6.07, 6.45) is 0.278. The van der Waals surface area contributed by atoms with E-state index in [1.54, 1.807) is 4.68 Å². The molecule has 1 aliphatic rings. The molecule has 1 aliphatic heterocycles. The predicted molar refractivity (Wildman–Crippen MR) is 119 cm³/mol. The highest BCUT2D eigenvalue weighted by Crippen LogP contribution is 2.30. The second-order valence-corrected chi connectivity index (χ2v) is 7.47. The van der Waals surface area contributed by atoms with Gasteiger partial charge in [0.15, 0.2) is 11.5 Å². The molecule has 1 atom stereocenters. The SMILES string of the molecule is O=C(NCC1COc2ccccc2O1)c1nc(Cc2ccccc2)n(-c2ccccc2)n1. The molecule has 0 aliphatic carbocycles. The highest BCUT2D eigenvalue weighted by molar-refractivity contribution is 5.90. The van der Waals surface area contributed by atoms with Crippen LogP contribution in [0.2, 0.25) is 0 Å². The van der Waals surface area contributed by atoms with E-state index in [2.05, 4.69) is 15.4 Å². The molecule has 160 valence electrons. The molecule has 32 heavy (non-hydrogen) atoms. The van der Waals surface area contributed by atoms with Crippen molar-refractivity contribution in [3.05, 3.63) is 102 Å². The maximum Gasteiger partial charge on any atom is 0.291 e. The van der Waals surface area contributed by atoms with Crippen molar-refractivity contribution in [2.24, 2.45) is 0 Å². The van der Waals surface area contributed by atoms with E-state index in [9.17, 15) is 4.79 Å². The minimum absolute atomic E-state index is 0.122. The van der Waals surface area contributed by atoms with Gasteiger partial charge in [-0.2, -0.15) is 0 Å². The molecule has 7 nitrogen and oxygen atoms in total. The van der Waals surface area contributed by atoms with Crippen molar-refractivity contribution in [1.82, 2.24) is 20.1 Å². The molecule has 1 N–H and O–H groups in total. The summed E-state index contributed by atoms with van der Waals surface area (Å²) in [6.45, 7) is 0.656. The number of fused-ring (bicyclic) bond motifs is 1. The van der Waals surface area contributed by atoms with E-state index in [1.807, 2.05) is 84.9 Å². The quantitative estimate of drug-likeness (QED) is 0.511. The number of ether oxygens (including phenoxy) is 2. The molecule has 0 spiro atoms. The third-order valence-corrected chi connectivity index (χ3v) is 5.14. The van der Waals surface area contributed by atoms with Crippen LogP contribution >= 0.6 is 0 Å². The zero-order chi connectivity index (χ0) is 21.8. The van der Waals surface area contributed by atoms with Crippen molar-refractivity contribution in [3.8, 4) is 17.2 Å². The first-order valence-corrected chi connectivity index (χ1v) is 10.5. The smallest absolute Gasteiger partial charge is 0.291 e. The van der Waals surface area contributed by atoms with Gasteiger partial charge in [0.2, 0.25) is 5.82 Å². The zero-order valence-electron chi connectivity index (χ0n) is 17.3. The molecular formula is C25H22N4O3. The number of carbonyl (C=O) groups is 1. The Morgan fingerprint density at radius 1 is 0.938 bits per heavy atom. The van der Waals surface area contributed by atoms with Gasteiger partial charge in [0.25, 0.3) is 5.91 Å². The number of carbonyl (C=O) groups excluding carboxylic acids is 1. The van der Waals surface area contributed by atoms with Crippen LogP contribution in [0.3, 0.4) is 0 Å². The first kappa shape index (κ1) is 19.8. The molecule has 0 saturated carbocycles. The lowest BCUT2D eigenvalue weighted by Gasteiger charge is -2.26. The van der Waals surface area contributed by atoms with Gasteiger partial charge in [-0.3, -0.25) is 4.79 Å². The molecule has 0 bridgehead atoms. The fourth-order valence-electron chi connectivity index (χ4n) is 3.56. The van der Waals surface area contributed by atoms with Gasteiger partial charge in [-0.05, 0) is 29.8 Å². The largest absolute Gasteiger partial charge is 0.486 e. The molecule has 5 rings (SSSR count). The normalized spacial score (nSPS) is 14.7. The maximum absolute atomic E-state index is 12.8. The number of hydrogen-bond acceptors (Lipinski definition) is 5. The van der Waals surface area contributed by atoms with Crippen molar-refractivity contribution in [1.29, 1.82) is 0 Å². The topological polar surface area (TPSA) is 78.3 Å². The van der Waals surface area contributed by atoms with Gasteiger partial charge in [0.1, 0.15) is 18.5 Å². The van der Waals surface area contributed by atoms with Crippen molar-refractivity contribution in [2.75, 3.05) is 13.2 Å². The Balaban J connectivity index is 1.32. The standard InChI is InChI=1S/C25H22N4O3/c30-25(26-16-20-17-31-21-13-7-8-14-22(21)32-20)24-27-23(15-18-9-3-1-4-10-18)29(28-24)19-11-5-2-6-12-19/h1-14,20H,15-17H2,(H,26,30). The van der Waals surface area contributed by atoms with Crippen molar-refractivity contribution in [2.45, 2.75) is 12.5 Å². The van der Waals surface area contributed by atoms with Gasteiger partial charge in [-0.15, -0.1) is 5.10 Å². The number of benzene rings is 3. The molecule has 7 heteroatoms. The second-order valence-electron chi connectivity index (χ2n) is 7.47. The van der Waals surface area contributed by atoms with Crippen LogP contribution in [0.1, 0.15) is 22.0 Å². The molecule has 4 aromatic rings. The Bertz CT molecular complexity index is 1210. The monoisotopic (exact) mass is 426 g/mol. The van der Waals surface area contributed by atoms with Gasteiger partial charge in [-0.25, -0.2) is 9.67 Å². The maximum atomic E-state index is 12.8. The summed E-state index contributed by atoms with van der Waals surface area (Å²) in [7, 11) is 0. The van der Waals surface area contributed by atoms with Crippen LogP contribution in [0.15, 0.2) is 84.9 Å². The van der Waals surface area contributed by atoms with Crippen molar-refractivity contribution < 1.29 is 14.3 Å². The number of hydrogen-bond donors (Lipinski definition) is 1. The molecule has 2 heterocycles. The molecule has 0 fully saturated rings. The van der Waals surface area contributed by atoms with Crippen LogP contribution in [-0.4, -0.2) is 39.9 Å². The second kappa shape index (κ2) is 8.93. The first-order chi connectivity index (χ1) is 15.8. The number of para-hydroxylation sites is 3. The number of aromatic nitrogens is 3. The Morgan fingerprint density at radius 2 is 1.62 bits per heavy atom. The van der Waals surface area contributed by atoms with Gasteiger partial charge in [0, 0.05) is 6.42 Å². The average Bonchev–Trinajstić information content (AvgIpc) is 3.27. The number of rotatable bonds is 6. The van der Waals surface area contributed by atoms with Crippen molar-refractivity contribution in [3.63, 3.8) is 0 Å². The molecule has 1 amide bonds. The van der Waals surface area contributed by atoms with E-state index in [0.29, 0.717) is 36.9 Å². The third kappa shape index (κ3) is 4.32. The minimum Gasteiger partial charge on any atom is -0.486 e. The Labute approximate surface area is 185 Å². The summed E-state index contributed by atoms with van der Waals surface area (Å²) in [5, 5.41) is 7.37. The van der Waals surface area contributed by atoms with E-state index in [1.165, 1.54) is 0 Å². The number of amides is 1. The van der Waals surface area contributed by atoms with Crippen LogP contribution < -0.4 is 14.8 Å². The van der Waals surface area contributed by atoms with Gasteiger partial charge >= 0.3 is 0 Å². The Hall–Kier alpha value is -4.13. The third-order valence-electron chi connectivity index (χ3n) is 5.14. The molecule has 1 unspecified atom stereocenters. The van der Waals surface area contributed by atoms with Gasteiger partial charge < -0.3 is 14.8 Å². The van der Waals surface area contributed by atoms with E-state index >= 15 is 0 Å². The molecule has 3 aromatic carbocycles. The lowest BCUT2D eigenvalue weighted by atomic mass is 10.1. The van der Waals surface area contributed by atoms with Crippen LogP contribution in [0.5, 0.6) is 11.5 Å². The van der Waals surface area contributed by atoms with E-state index in [0.717, 1.165) is 11.3 Å². The minimum atomic E-state index is -0.351. The Morgan fingerprint density at radius 3 is 2.41 bits per heavy atom. The fraction of sp³-hybridized carbons (Fsp3) is 0.160. The highest BCUT2D eigenvalue weighted by Gasteiger charge is 2.23. The van der Waals surface area contributed by atoms with Gasteiger partial charge in [-0.1, -0.05) is 60.7 Å². The summed E-state index contributed by atoms with van der Waals surface area (Å²) >= 11 is 0. The summed E-state index contributed by atoms with van der Waals surface area (Å²) in [4.78, 5) is 17.4. The van der Waals surface area contributed by atoms with Crippen LogP contribution in [0.25, 0.3) is 5.69 Å². The van der Waals surface area contributed by atoms with E-state index < -0.39 is 0 Å². The summed E-state index contributed by atoms with van der Waals surface area (Å²) in [5.74, 6) is 1.85.